The van der Waals surface area contributed by atoms with E-state index in [1.54, 1.807) is 48.5 Å². The number of rotatable bonds is 12. The van der Waals surface area contributed by atoms with Crippen molar-refractivity contribution in [2.75, 3.05) is 43.5 Å². The number of carbonyl (C=O) groups is 2. The van der Waals surface area contributed by atoms with Crippen molar-refractivity contribution in [3.63, 3.8) is 0 Å². The molecular formula is C22H29N3O4. The van der Waals surface area contributed by atoms with Crippen LogP contribution in [0, 0.1) is 0 Å². The molecule has 0 saturated carbocycles. The molecule has 0 aromatic heterocycles. The molecule has 2 amide bonds. The average molecular weight is 399 g/mol. The molecule has 0 saturated heterocycles. The summed E-state index contributed by atoms with van der Waals surface area (Å²) in [4.78, 5) is 24.0. The van der Waals surface area contributed by atoms with Gasteiger partial charge in [0, 0.05) is 30.1 Å². The Morgan fingerprint density at radius 3 is 2.24 bits per heavy atom. The topological polar surface area (TPSA) is 88.7 Å². The quantitative estimate of drug-likeness (QED) is 0.477. The first kappa shape index (κ1) is 22.2. The van der Waals surface area contributed by atoms with Crippen molar-refractivity contribution < 1.29 is 19.1 Å². The standard InChI is InChI=1S/C22H29N3O4/c1-3-13-23-22(27)17-5-7-18(8-6-17)24-16-21(26)25-19-9-11-20(12-10-19)29-15-14-28-4-2/h5-12,24H,3-4,13-16H2,1-2H3,(H,23,27)(H,25,26). The van der Waals surface area contributed by atoms with E-state index in [0.29, 0.717) is 37.6 Å². The van der Waals surface area contributed by atoms with Crippen LogP contribution in [0.1, 0.15) is 30.6 Å². The van der Waals surface area contributed by atoms with Crippen molar-refractivity contribution >= 4 is 23.2 Å². The molecule has 3 N–H and O–H groups in total. The van der Waals surface area contributed by atoms with Crippen LogP contribution in [0.25, 0.3) is 0 Å². The third kappa shape index (κ3) is 8.23. The third-order valence-corrected chi connectivity index (χ3v) is 3.97. The van der Waals surface area contributed by atoms with E-state index in [1.165, 1.54) is 0 Å². The van der Waals surface area contributed by atoms with Crippen LogP contribution in [0.4, 0.5) is 11.4 Å². The van der Waals surface area contributed by atoms with Gasteiger partial charge in [0.2, 0.25) is 5.91 Å². The van der Waals surface area contributed by atoms with E-state index in [4.69, 9.17) is 9.47 Å². The molecule has 7 heteroatoms. The zero-order chi connectivity index (χ0) is 20.9. The SMILES string of the molecule is CCCNC(=O)c1ccc(NCC(=O)Nc2ccc(OCCOCC)cc2)cc1. The lowest BCUT2D eigenvalue weighted by molar-refractivity contribution is -0.114. The summed E-state index contributed by atoms with van der Waals surface area (Å²) in [5, 5.41) is 8.69. The predicted octanol–water partition coefficient (Wildman–Crippen LogP) is 3.29. The summed E-state index contributed by atoms with van der Waals surface area (Å²) in [5.74, 6) is 0.463. The van der Waals surface area contributed by atoms with Crippen molar-refractivity contribution in [1.82, 2.24) is 5.32 Å². The van der Waals surface area contributed by atoms with Gasteiger partial charge in [0.15, 0.2) is 0 Å². The molecule has 0 unspecified atom stereocenters. The van der Waals surface area contributed by atoms with E-state index < -0.39 is 0 Å². The number of ether oxygens (including phenoxy) is 2. The number of hydrogen-bond donors (Lipinski definition) is 3. The Hall–Kier alpha value is -3.06. The molecule has 0 spiro atoms. The highest BCUT2D eigenvalue weighted by Crippen LogP contribution is 2.16. The van der Waals surface area contributed by atoms with Crippen LogP contribution in [0.15, 0.2) is 48.5 Å². The summed E-state index contributed by atoms with van der Waals surface area (Å²) >= 11 is 0. The van der Waals surface area contributed by atoms with Crippen LogP contribution in [0.3, 0.4) is 0 Å². The number of benzene rings is 2. The van der Waals surface area contributed by atoms with Crippen molar-refractivity contribution in [3.8, 4) is 5.75 Å². The molecule has 29 heavy (non-hydrogen) atoms. The Morgan fingerprint density at radius 1 is 0.897 bits per heavy atom. The Balaban J connectivity index is 1.74. The summed E-state index contributed by atoms with van der Waals surface area (Å²) in [6.07, 6.45) is 0.893. The van der Waals surface area contributed by atoms with Crippen LogP contribution in [-0.2, 0) is 9.53 Å². The zero-order valence-electron chi connectivity index (χ0n) is 17.0. The van der Waals surface area contributed by atoms with E-state index in [9.17, 15) is 9.59 Å². The van der Waals surface area contributed by atoms with E-state index in [1.807, 2.05) is 13.8 Å². The highest BCUT2D eigenvalue weighted by molar-refractivity contribution is 5.95. The summed E-state index contributed by atoms with van der Waals surface area (Å²) in [6, 6.07) is 14.2. The normalized spacial score (nSPS) is 10.3. The van der Waals surface area contributed by atoms with Crippen molar-refractivity contribution in [2.45, 2.75) is 20.3 Å². The molecule has 0 radical (unpaired) electrons. The Labute approximate surface area is 171 Å². The minimum atomic E-state index is -0.167. The first-order valence-electron chi connectivity index (χ1n) is 9.85. The third-order valence-electron chi connectivity index (χ3n) is 3.97. The number of carbonyl (C=O) groups excluding carboxylic acids is 2. The minimum Gasteiger partial charge on any atom is -0.491 e. The summed E-state index contributed by atoms with van der Waals surface area (Å²) in [6.45, 7) is 6.42. The van der Waals surface area contributed by atoms with Gasteiger partial charge < -0.3 is 25.4 Å². The average Bonchev–Trinajstić information content (AvgIpc) is 2.75. The van der Waals surface area contributed by atoms with Gasteiger partial charge in [-0.15, -0.1) is 0 Å². The fraction of sp³-hybridized carbons (Fsp3) is 0.364. The van der Waals surface area contributed by atoms with Gasteiger partial charge in [-0.3, -0.25) is 9.59 Å². The molecule has 0 atom stereocenters. The van der Waals surface area contributed by atoms with Gasteiger partial charge in [0.25, 0.3) is 5.91 Å². The summed E-state index contributed by atoms with van der Waals surface area (Å²) < 4.78 is 10.8. The number of amides is 2. The molecule has 0 heterocycles. The van der Waals surface area contributed by atoms with E-state index >= 15 is 0 Å². The zero-order valence-corrected chi connectivity index (χ0v) is 17.0. The Bertz CT molecular complexity index is 761. The van der Waals surface area contributed by atoms with E-state index in [-0.39, 0.29) is 18.4 Å². The minimum absolute atomic E-state index is 0.0959. The number of anilines is 2. The van der Waals surface area contributed by atoms with E-state index in [2.05, 4.69) is 16.0 Å². The second-order valence-corrected chi connectivity index (χ2v) is 6.30. The van der Waals surface area contributed by atoms with E-state index in [0.717, 1.165) is 17.9 Å². The molecule has 2 aromatic carbocycles. The molecule has 7 nitrogen and oxygen atoms in total. The second-order valence-electron chi connectivity index (χ2n) is 6.30. The van der Waals surface area contributed by atoms with Crippen LogP contribution in [0.2, 0.25) is 0 Å². The fourth-order valence-corrected chi connectivity index (χ4v) is 2.46. The predicted molar refractivity (Wildman–Crippen MR) is 115 cm³/mol. The highest BCUT2D eigenvalue weighted by atomic mass is 16.5. The van der Waals surface area contributed by atoms with Crippen LogP contribution in [0.5, 0.6) is 5.75 Å². The van der Waals surface area contributed by atoms with Crippen LogP contribution >= 0.6 is 0 Å². The lowest BCUT2D eigenvalue weighted by atomic mass is 10.2. The lowest BCUT2D eigenvalue weighted by Crippen LogP contribution is -2.24. The van der Waals surface area contributed by atoms with Crippen LogP contribution in [-0.4, -0.2) is 44.7 Å². The van der Waals surface area contributed by atoms with Gasteiger partial charge >= 0.3 is 0 Å². The van der Waals surface area contributed by atoms with Gasteiger partial charge in [0.05, 0.1) is 13.2 Å². The van der Waals surface area contributed by atoms with Crippen LogP contribution < -0.4 is 20.7 Å². The van der Waals surface area contributed by atoms with Gasteiger partial charge in [-0.25, -0.2) is 0 Å². The molecular weight excluding hydrogens is 370 g/mol. The van der Waals surface area contributed by atoms with Gasteiger partial charge in [0.1, 0.15) is 12.4 Å². The van der Waals surface area contributed by atoms with Gasteiger partial charge in [-0.05, 0) is 61.9 Å². The van der Waals surface area contributed by atoms with Gasteiger partial charge in [-0.1, -0.05) is 6.92 Å². The molecule has 0 aliphatic rings. The smallest absolute Gasteiger partial charge is 0.251 e. The maximum Gasteiger partial charge on any atom is 0.251 e. The first-order valence-corrected chi connectivity index (χ1v) is 9.85. The largest absolute Gasteiger partial charge is 0.491 e. The monoisotopic (exact) mass is 399 g/mol. The Morgan fingerprint density at radius 2 is 1.59 bits per heavy atom. The molecule has 0 aliphatic heterocycles. The van der Waals surface area contributed by atoms with Crippen molar-refractivity contribution in [3.05, 3.63) is 54.1 Å². The molecule has 2 aromatic rings. The maximum absolute atomic E-state index is 12.1. The number of nitrogens with one attached hydrogen (secondary N) is 3. The highest BCUT2D eigenvalue weighted by Gasteiger charge is 2.06. The molecule has 0 aliphatic carbocycles. The van der Waals surface area contributed by atoms with Crippen molar-refractivity contribution in [2.24, 2.45) is 0 Å². The molecule has 2 rings (SSSR count). The maximum atomic E-state index is 12.1. The molecule has 156 valence electrons. The molecule has 0 bridgehead atoms. The summed E-state index contributed by atoms with van der Waals surface area (Å²) in [5.41, 5.74) is 2.05. The first-order chi connectivity index (χ1) is 14.1. The second kappa shape index (κ2) is 12.4. The number of hydrogen-bond acceptors (Lipinski definition) is 5. The summed E-state index contributed by atoms with van der Waals surface area (Å²) in [7, 11) is 0. The van der Waals surface area contributed by atoms with Gasteiger partial charge in [-0.2, -0.15) is 0 Å². The van der Waals surface area contributed by atoms with Crippen molar-refractivity contribution in [1.29, 1.82) is 0 Å². The fourth-order valence-electron chi connectivity index (χ4n) is 2.46. The lowest BCUT2D eigenvalue weighted by Gasteiger charge is -2.10. The molecule has 0 fully saturated rings. The Kier molecular flexibility index (Phi) is 9.51.